The molecule has 1 nitrogen and oxygen atoms in total. The lowest BCUT2D eigenvalue weighted by Crippen LogP contribution is -2.08. The summed E-state index contributed by atoms with van der Waals surface area (Å²) in [6.07, 6.45) is 2.41. The average Bonchev–Trinajstić information content (AvgIpc) is 2.57. The predicted octanol–water partition coefficient (Wildman–Crippen LogP) is 5.02. The molecule has 0 atom stereocenters. The van der Waals surface area contributed by atoms with Crippen LogP contribution in [0.5, 0.6) is 0 Å². The van der Waals surface area contributed by atoms with Gasteiger partial charge in [0.25, 0.3) is 0 Å². The maximum atomic E-state index is 14.4. The van der Waals surface area contributed by atoms with Crippen molar-refractivity contribution in [1.82, 2.24) is 0 Å². The van der Waals surface area contributed by atoms with Crippen molar-refractivity contribution in [2.24, 2.45) is 0 Å². The van der Waals surface area contributed by atoms with E-state index in [2.05, 4.69) is 0 Å². The third-order valence-electron chi connectivity index (χ3n) is 3.90. The van der Waals surface area contributed by atoms with E-state index in [1.54, 1.807) is 6.08 Å². The van der Waals surface area contributed by atoms with Crippen molar-refractivity contribution < 1.29 is 22.3 Å². The second kappa shape index (κ2) is 6.16. The Kier molecular flexibility index (Phi) is 4.22. The first-order valence-corrected chi connectivity index (χ1v) is 7.21. The van der Waals surface area contributed by atoms with Gasteiger partial charge in [0, 0.05) is 16.7 Å². The van der Waals surface area contributed by atoms with Gasteiger partial charge in [-0.05, 0) is 24.5 Å². The zero-order chi connectivity index (χ0) is 16.6. The van der Waals surface area contributed by atoms with E-state index in [1.165, 1.54) is 31.2 Å². The molecule has 0 fully saturated rings. The van der Waals surface area contributed by atoms with Crippen molar-refractivity contribution in [3.05, 3.63) is 64.7 Å². The summed E-state index contributed by atoms with van der Waals surface area (Å²) >= 11 is 0. The van der Waals surface area contributed by atoms with Gasteiger partial charge in [-0.15, -0.1) is 0 Å². The van der Waals surface area contributed by atoms with Crippen LogP contribution >= 0.6 is 0 Å². The van der Waals surface area contributed by atoms with Crippen molar-refractivity contribution in [2.45, 2.75) is 13.3 Å². The third kappa shape index (κ3) is 2.77. The Hall–Kier alpha value is -2.14. The quantitative estimate of drug-likeness (QED) is 0.705. The Bertz CT molecular complexity index is 796. The summed E-state index contributed by atoms with van der Waals surface area (Å²) in [5.74, 6) is -4.53. The van der Waals surface area contributed by atoms with E-state index in [1.807, 2.05) is 0 Å². The molecule has 5 heteroatoms. The van der Waals surface area contributed by atoms with Crippen LogP contribution in [0.1, 0.15) is 17.5 Å². The highest BCUT2D eigenvalue weighted by Gasteiger charge is 2.21. The molecule has 1 aliphatic rings. The van der Waals surface area contributed by atoms with Gasteiger partial charge in [0.1, 0.15) is 0 Å². The van der Waals surface area contributed by atoms with E-state index in [4.69, 9.17) is 4.74 Å². The predicted molar refractivity (Wildman–Crippen MR) is 79.9 cm³/mol. The van der Waals surface area contributed by atoms with Crippen LogP contribution in [0.2, 0.25) is 0 Å². The zero-order valence-electron chi connectivity index (χ0n) is 12.4. The van der Waals surface area contributed by atoms with Crippen LogP contribution in [0, 0.1) is 30.2 Å². The van der Waals surface area contributed by atoms with Crippen LogP contribution in [0.4, 0.5) is 17.6 Å². The molecule has 0 aromatic heterocycles. The summed E-state index contributed by atoms with van der Waals surface area (Å²) in [6, 6.07) is 5.20. The minimum Gasteiger partial charge on any atom is -0.376 e. The summed E-state index contributed by atoms with van der Waals surface area (Å²) in [5, 5.41) is 0. The lowest BCUT2D eigenvalue weighted by molar-refractivity contribution is 0.164. The fourth-order valence-electron chi connectivity index (χ4n) is 2.60. The number of halogens is 4. The van der Waals surface area contributed by atoms with E-state index in [0.29, 0.717) is 18.6 Å². The molecule has 1 aliphatic heterocycles. The second-order valence-corrected chi connectivity index (χ2v) is 5.42. The van der Waals surface area contributed by atoms with Crippen molar-refractivity contribution in [2.75, 3.05) is 13.2 Å². The van der Waals surface area contributed by atoms with Gasteiger partial charge in [-0.3, -0.25) is 0 Å². The lowest BCUT2D eigenvalue weighted by atomic mass is 9.97. The van der Waals surface area contributed by atoms with Crippen LogP contribution in [-0.2, 0) is 4.74 Å². The molecule has 3 rings (SSSR count). The Balaban J connectivity index is 2.11. The highest BCUT2D eigenvalue weighted by atomic mass is 19.2. The van der Waals surface area contributed by atoms with Gasteiger partial charge < -0.3 is 4.74 Å². The first kappa shape index (κ1) is 15.7. The molecule has 23 heavy (non-hydrogen) atoms. The molecule has 0 saturated heterocycles. The van der Waals surface area contributed by atoms with E-state index in [0.717, 1.165) is 0 Å². The Morgan fingerprint density at radius 2 is 1.35 bits per heavy atom. The zero-order valence-corrected chi connectivity index (χ0v) is 12.4. The molecule has 120 valence electrons. The Labute approximate surface area is 131 Å². The molecule has 0 amide bonds. The highest BCUT2D eigenvalue weighted by molar-refractivity contribution is 5.72. The minimum absolute atomic E-state index is 0.0824. The first-order valence-electron chi connectivity index (χ1n) is 7.21. The van der Waals surface area contributed by atoms with Crippen molar-refractivity contribution in [1.29, 1.82) is 0 Å². The number of hydrogen-bond acceptors (Lipinski definition) is 1. The fourth-order valence-corrected chi connectivity index (χ4v) is 2.60. The second-order valence-electron chi connectivity index (χ2n) is 5.42. The molecule has 0 saturated carbocycles. The van der Waals surface area contributed by atoms with E-state index >= 15 is 0 Å². The van der Waals surface area contributed by atoms with Crippen LogP contribution in [0.15, 0.2) is 30.3 Å². The molecule has 0 radical (unpaired) electrons. The number of benzene rings is 2. The molecule has 0 unspecified atom stereocenters. The van der Waals surface area contributed by atoms with Crippen LogP contribution in [0.25, 0.3) is 16.7 Å². The first-order chi connectivity index (χ1) is 11.0. The van der Waals surface area contributed by atoms with Gasteiger partial charge in [-0.25, -0.2) is 17.6 Å². The normalized spacial score (nSPS) is 14.7. The van der Waals surface area contributed by atoms with Crippen molar-refractivity contribution >= 4 is 5.57 Å². The monoisotopic (exact) mass is 322 g/mol. The molecular formula is C18H14F4O. The number of hydrogen-bond donors (Lipinski definition) is 0. The molecule has 0 bridgehead atoms. The minimum atomic E-state index is -1.20. The van der Waals surface area contributed by atoms with Gasteiger partial charge >= 0.3 is 0 Å². The van der Waals surface area contributed by atoms with Crippen LogP contribution in [0.3, 0.4) is 0 Å². The Morgan fingerprint density at radius 1 is 0.783 bits per heavy atom. The fraction of sp³-hybridized carbons (Fsp3) is 0.222. The van der Waals surface area contributed by atoms with Crippen molar-refractivity contribution in [3.63, 3.8) is 0 Å². The van der Waals surface area contributed by atoms with E-state index in [9.17, 15) is 17.6 Å². The smallest absolute Gasteiger partial charge is 0.167 e. The topological polar surface area (TPSA) is 9.23 Å². The van der Waals surface area contributed by atoms with Crippen LogP contribution in [-0.4, -0.2) is 13.2 Å². The van der Waals surface area contributed by atoms with E-state index < -0.39 is 23.3 Å². The van der Waals surface area contributed by atoms with Crippen LogP contribution < -0.4 is 0 Å². The maximum absolute atomic E-state index is 14.4. The summed E-state index contributed by atoms with van der Waals surface area (Å²) in [4.78, 5) is 0. The maximum Gasteiger partial charge on any atom is 0.167 e. The van der Waals surface area contributed by atoms with Crippen molar-refractivity contribution in [3.8, 4) is 11.1 Å². The SMILES string of the molecule is Cc1ccc(-c2ccc(C3=CCCOC3)c(F)c2F)c(F)c1F. The van der Waals surface area contributed by atoms with Gasteiger partial charge in [-0.2, -0.15) is 0 Å². The number of rotatable bonds is 2. The largest absolute Gasteiger partial charge is 0.376 e. The Morgan fingerprint density at radius 3 is 2.00 bits per heavy atom. The summed E-state index contributed by atoms with van der Waals surface area (Å²) in [7, 11) is 0. The van der Waals surface area contributed by atoms with Gasteiger partial charge in [0.2, 0.25) is 0 Å². The van der Waals surface area contributed by atoms with Gasteiger partial charge in [0.15, 0.2) is 23.3 Å². The molecule has 0 aliphatic carbocycles. The molecule has 2 aromatic rings. The highest BCUT2D eigenvalue weighted by Crippen LogP contribution is 2.33. The average molecular weight is 322 g/mol. The summed E-state index contributed by atoms with van der Waals surface area (Å²) in [6.45, 7) is 2.14. The molecule has 1 heterocycles. The molecule has 0 N–H and O–H groups in total. The van der Waals surface area contributed by atoms with Gasteiger partial charge in [0.05, 0.1) is 13.2 Å². The summed E-state index contributed by atoms with van der Waals surface area (Å²) < 4.78 is 61.6. The number of aryl methyl sites for hydroxylation is 1. The molecule has 2 aromatic carbocycles. The third-order valence-corrected chi connectivity index (χ3v) is 3.90. The molecular weight excluding hydrogens is 308 g/mol. The number of ether oxygens (including phenoxy) is 1. The lowest BCUT2D eigenvalue weighted by Gasteiger charge is -2.16. The summed E-state index contributed by atoms with van der Waals surface area (Å²) in [5.41, 5.74) is 0.131. The van der Waals surface area contributed by atoms with Gasteiger partial charge in [-0.1, -0.05) is 30.3 Å². The standard InChI is InChI=1S/C18H14F4O/c1-10-4-5-13(17(21)15(10)19)14-7-6-12(16(20)18(14)22)11-3-2-8-23-9-11/h3-7H,2,8-9H2,1H3. The van der Waals surface area contributed by atoms with E-state index in [-0.39, 0.29) is 28.9 Å². The molecule has 0 spiro atoms.